The van der Waals surface area contributed by atoms with Crippen molar-refractivity contribution < 1.29 is 23.0 Å². The first-order valence-corrected chi connectivity index (χ1v) is 8.34. The second kappa shape index (κ2) is 4.40. The minimum atomic E-state index is -5.14. The third-order valence-corrected chi connectivity index (χ3v) is 3.27. The fourth-order valence-electron chi connectivity index (χ4n) is 0.199. The molecule has 0 aromatic rings. The van der Waals surface area contributed by atoms with E-state index in [1.165, 1.54) is 0 Å². The number of nitrogens with zero attached hydrogens (tertiary/aromatic N) is 2. The van der Waals surface area contributed by atoms with Crippen molar-refractivity contribution in [2.45, 2.75) is 0 Å². The molecule has 0 spiro atoms. The Kier molecular flexibility index (Phi) is 4.11. The van der Waals surface area contributed by atoms with Gasteiger partial charge < -0.3 is 0 Å². The molecule has 0 amide bonds. The van der Waals surface area contributed by atoms with Gasteiger partial charge in [-0.3, -0.25) is 0 Å². The van der Waals surface area contributed by atoms with Gasteiger partial charge in [-0.2, -0.15) is 0 Å². The van der Waals surface area contributed by atoms with E-state index in [1.54, 1.807) is 0 Å². The van der Waals surface area contributed by atoms with Gasteiger partial charge in [-0.25, -0.2) is 0 Å². The Morgan fingerprint density at radius 3 is 1.46 bits per heavy atom. The van der Waals surface area contributed by atoms with Crippen LogP contribution < -0.4 is 0 Å². The van der Waals surface area contributed by atoms with Gasteiger partial charge >= 0.3 is 76.3 Å². The quantitative estimate of drug-likeness (QED) is 0.461. The average Bonchev–Trinajstić information content (AvgIpc) is 2.04. The molecule has 0 radical (unpaired) electrons. The van der Waals surface area contributed by atoms with Gasteiger partial charge in [-0.15, -0.1) is 0 Å². The Morgan fingerprint density at radius 2 is 1.23 bits per heavy atom. The van der Waals surface area contributed by atoms with Gasteiger partial charge in [0, 0.05) is 0 Å². The Bertz CT molecular complexity index is 403. The molecule has 0 atom stereocenters. The fraction of sp³-hybridized carbons (Fsp3) is 0.333. The van der Waals surface area contributed by atoms with Crippen LogP contribution in [0.3, 0.4) is 0 Å². The molecule has 0 aliphatic rings. The molecule has 10 heteroatoms. The molecule has 0 fully saturated rings. The summed E-state index contributed by atoms with van der Waals surface area (Å²) in [7, 11) is 0. The van der Waals surface area contributed by atoms with E-state index in [4.69, 9.17) is 10.5 Å². The first-order chi connectivity index (χ1) is 5.83. The number of hydrogen-bond donors (Lipinski definition) is 0. The van der Waals surface area contributed by atoms with Crippen LogP contribution >= 0.6 is 0 Å². The van der Waals surface area contributed by atoms with Gasteiger partial charge in [0.15, 0.2) is 0 Å². The van der Waals surface area contributed by atoms with Crippen molar-refractivity contribution in [3.8, 4) is 9.94 Å². The molecule has 0 aliphatic heterocycles. The summed E-state index contributed by atoms with van der Waals surface area (Å²) in [6.45, 7) is -1.17. The molecular formula is C3H2N2O6Se2. The van der Waals surface area contributed by atoms with Crippen LogP contribution in [0.4, 0.5) is 0 Å². The molecule has 0 unspecified atom stereocenters. The second-order valence-corrected chi connectivity index (χ2v) is 7.01. The molecule has 0 heterocycles. The number of rotatable bonds is 4. The summed E-state index contributed by atoms with van der Waals surface area (Å²) in [4.78, 5) is 1.64. The van der Waals surface area contributed by atoms with Crippen LogP contribution in [0.2, 0.25) is 0 Å². The zero-order valence-electron chi connectivity index (χ0n) is 5.87. The third kappa shape index (κ3) is 5.39. The molecule has 8 nitrogen and oxygen atoms in total. The van der Waals surface area contributed by atoms with Gasteiger partial charge in [-0.05, 0) is 0 Å². The van der Waals surface area contributed by atoms with E-state index in [1.807, 2.05) is 0 Å². The van der Waals surface area contributed by atoms with Crippen molar-refractivity contribution in [3.05, 3.63) is 0 Å². The van der Waals surface area contributed by atoms with E-state index >= 15 is 0 Å². The second-order valence-electron chi connectivity index (χ2n) is 1.44. The van der Waals surface area contributed by atoms with Crippen molar-refractivity contribution in [2.24, 2.45) is 0 Å². The number of hydrogen-bond acceptors (Lipinski definition) is 8. The van der Waals surface area contributed by atoms with Crippen LogP contribution in [0.15, 0.2) is 0 Å². The van der Waals surface area contributed by atoms with Gasteiger partial charge in [0.05, 0.1) is 0 Å². The van der Waals surface area contributed by atoms with E-state index in [-0.39, 0.29) is 0 Å². The first kappa shape index (κ1) is 12.1. The van der Waals surface area contributed by atoms with Crippen molar-refractivity contribution in [2.75, 3.05) is 6.79 Å². The summed E-state index contributed by atoms with van der Waals surface area (Å²) in [6, 6.07) is 0. The average molecular weight is 320 g/mol. The van der Waals surface area contributed by atoms with Gasteiger partial charge in [0.25, 0.3) is 0 Å². The maximum atomic E-state index is 10.3. The molecule has 0 aromatic carbocycles. The Labute approximate surface area is 76.6 Å². The Hall–Kier alpha value is -0.861. The van der Waals surface area contributed by atoms with Crippen molar-refractivity contribution in [1.82, 2.24) is 0 Å². The summed E-state index contributed by atoms with van der Waals surface area (Å²) in [6.07, 6.45) is 0. The molecule has 0 N–H and O–H groups in total. The van der Waals surface area contributed by atoms with Crippen molar-refractivity contribution in [1.29, 1.82) is 10.5 Å². The van der Waals surface area contributed by atoms with Crippen LogP contribution in [0.5, 0.6) is 0 Å². The first-order valence-electron chi connectivity index (χ1n) is 2.43. The molecule has 0 saturated heterocycles. The standard InChI is InChI=1S/C3H2N2O6Se2/c4-1-12(6,7)10-3-11-13(8,9)2-5/h3H2. The molecule has 0 aromatic heterocycles. The van der Waals surface area contributed by atoms with Gasteiger partial charge in [-0.1, -0.05) is 0 Å². The minimum absolute atomic E-state index is 0.819. The summed E-state index contributed by atoms with van der Waals surface area (Å²) < 4.78 is 48.8. The zero-order chi connectivity index (χ0) is 10.5. The summed E-state index contributed by atoms with van der Waals surface area (Å²) in [5, 5.41) is 15.8. The van der Waals surface area contributed by atoms with E-state index in [0.29, 0.717) is 0 Å². The summed E-state index contributed by atoms with van der Waals surface area (Å²) in [5.41, 5.74) is 0. The maximum absolute atomic E-state index is 10.3. The van der Waals surface area contributed by atoms with Crippen molar-refractivity contribution in [3.63, 3.8) is 0 Å². The topological polar surface area (TPSA) is 134 Å². The Balaban J connectivity index is 4.16. The summed E-state index contributed by atoms with van der Waals surface area (Å²) in [5.74, 6) is 0. The predicted octanol–water partition coefficient (Wildman–Crippen LogP) is -1.30. The molecule has 0 bridgehead atoms. The molecule has 0 aliphatic carbocycles. The van der Waals surface area contributed by atoms with Gasteiger partial charge in [0.1, 0.15) is 0 Å². The fourth-order valence-corrected chi connectivity index (χ4v) is 1.46. The number of nitriles is 2. The third-order valence-electron chi connectivity index (χ3n) is 0.630. The molecule has 0 saturated carbocycles. The monoisotopic (exact) mass is 322 g/mol. The summed E-state index contributed by atoms with van der Waals surface area (Å²) >= 11 is -10.3. The van der Waals surface area contributed by atoms with Crippen LogP contribution in [0.1, 0.15) is 0 Å². The molecule has 13 heavy (non-hydrogen) atoms. The van der Waals surface area contributed by atoms with E-state index < -0.39 is 32.9 Å². The van der Waals surface area contributed by atoms with Crippen LogP contribution in [0.25, 0.3) is 0 Å². The molecule has 72 valence electrons. The normalized spacial score (nSPS) is 11.5. The van der Waals surface area contributed by atoms with E-state index in [9.17, 15) is 15.3 Å². The van der Waals surface area contributed by atoms with Crippen LogP contribution in [0, 0.1) is 20.5 Å². The molecular weight excluding hydrogens is 318 g/mol. The van der Waals surface area contributed by atoms with E-state index in [0.717, 1.165) is 9.94 Å². The van der Waals surface area contributed by atoms with Gasteiger partial charge in [0.2, 0.25) is 0 Å². The SMILES string of the molecule is N#C[Se](=O)(=O)OCO[Se](=O)(=O)C#N. The van der Waals surface area contributed by atoms with Crippen LogP contribution in [-0.4, -0.2) is 32.9 Å². The van der Waals surface area contributed by atoms with Crippen molar-refractivity contribution >= 4 is 26.1 Å². The zero-order valence-corrected chi connectivity index (χ0v) is 9.29. The van der Waals surface area contributed by atoms with Crippen LogP contribution in [-0.2, 0) is 23.0 Å². The van der Waals surface area contributed by atoms with E-state index in [2.05, 4.69) is 7.64 Å². The predicted molar refractivity (Wildman–Crippen MR) is 32.5 cm³/mol. The Morgan fingerprint density at radius 1 is 0.923 bits per heavy atom. The molecule has 0 rings (SSSR count).